The molecule has 0 radical (unpaired) electrons. The van der Waals surface area contributed by atoms with Crippen LogP contribution in [0.3, 0.4) is 0 Å². The van der Waals surface area contributed by atoms with Crippen molar-refractivity contribution in [2.24, 2.45) is 0 Å². The number of hydrogen-bond donors (Lipinski definition) is 0. The van der Waals surface area contributed by atoms with E-state index in [1.807, 2.05) is 42.2 Å². The number of rotatable bonds is 4. The average molecular weight is 477 g/mol. The molecular weight excluding hydrogens is 444 g/mol. The van der Waals surface area contributed by atoms with Crippen molar-refractivity contribution >= 4 is 22.4 Å². The van der Waals surface area contributed by atoms with Gasteiger partial charge in [0.05, 0.1) is 7.11 Å². The fourth-order valence-electron chi connectivity index (χ4n) is 5.97. The predicted molar refractivity (Wildman–Crippen MR) is 146 cm³/mol. The third-order valence-electron chi connectivity index (χ3n) is 8.10. The summed E-state index contributed by atoms with van der Waals surface area (Å²) < 4.78 is 5.59. The number of anilines is 1. The molecule has 1 spiro atoms. The molecule has 4 nitrogen and oxygen atoms in total. The fourth-order valence-corrected chi connectivity index (χ4v) is 5.97. The second-order valence-electron chi connectivity index (χ2n) is 10.4. The number of carbonyl (C=O) groups is 1. The summed E-state index contributed by atoms with van der Waals surface area (Å²) in [4.78, 5) is 18.2. The topological polar surface area (TPSA) is 32.8 Å². The van der Waals surface area contributed by atoms with Gasteiger partial charge in [0, 0.05) is 29.8 Å². The van der Waals surface area contributed by atoms with E-state index in [9.17, 15) is 4.79 Å². The van der Waals surface area contributed by atoms with E-state index in [2.05, 4.69) is 59.5 Å². The monoisotopic (exact) mass is 476 g/mol. The van der Waals surface area contributed by atoms with Gasteiger partial charge in [-0.05, 0) is 91.2 Å². The van der Waals surface area contributed by atoms with Crippen LogP contribution in [0.2, 0.25) is 0 Å². The number of piperidine rings is 1. The van der Waals surface area contributed by atoms with Crippen LogP contribution in [-0.4, -0.2) is 37.6 Å². The molecule has 4 heteroatoms. The molecule has 6 rings (SSSR count). The number of likely N-dealkylation sites (tertiary alicyclic amines) is 1. The fraction of sp³-hybridized carbons (Fsp3) is 0.281. The van der Waals surface area contributed by atoms with Crippen molar-refractivity contribution < 1.29 is 9.53 Å². The first kappa shape index (κ1) is 22.8. The summed E-state index contributed by atoms with van der Waals surface area (Å²) in [5, 5.41) is 2.58. The lowest BCUT2D eigenvalue weighted by atomic mass is 9.74. The summed E-state index contributed by atoms with van der Waals surface area (Å²) in [6.07, 6.45) is 2.05. The second-order valence-corrected chi connectivity index (χ2v) is 10.4. The Morgan fingerprint density at radius 2 is 1.64 bits per heavy atom. The maximum atomic E-state index is 13.6. The quantitative estimate of drug-likeness (QED) is 0.344. The molecule has 1 fully saturated rings. The van der Waals surface area contributed by atoms with Crippen LogP contribution < -0.4 is 9.64 Å². The van der Waals surface area contributed by atoms with Crippen LogP contribution in [-0.2, 0) is 12.0 Å². The van der Waals surface area contributed by atoms with E-state index in [0.717, 1.165) is 61.6 Å². The van der Waals surface area contributed by atoms with Gasteiger partial charge in [0.1, 0.15) is 5.75 Å². The molecule has 0 N–H and O–H groups in total. The summed E-state index contributed by atoms with van der Waals surface area (Å²) in [6.45, 7) is 5.75. The smallest absolute Gasteiger partial charge is 0.258 e. The molecule has 1 amide bonds. The molecular formula is C32H32N2O2. The summed E-state index contributed by atoms with van der Waals surface area (Å²) >= 11 is 0. The van der Waals surface area contributed by atoms with Gasteiger partial charge < -0.3 is 9.64 Å². The van der Waals surface area contributed by atoms with Crippen LogP contribution >= 0.6 is 0 Å². The van der Waals surface area contributed by atoms with Gasteiger partial charge in [-0.15, -0.1) is 0 Å². The van der Waals surface area contributed by atoms with Crippen LogP contribution in [0.25, 0.3) is 10.8 Å². The summed E-state index contributed by atoms with van der Waals surface area (Å²) in [6, 6.07) is 29.5. The molecule has 2 aliphatic heterocycles. The Balaban J connectivity index is 1.24. The minimum atomic E-state index is -0.0376. The Kier molecular flexibility index (Phi) is 5.77. The predicted octanol–water partition coefficient (Wildman–Crippen LogP) is 6.35. The van der Waals surface area contributed by atoms with Crippen LogP contribution in [0.1, 0.15) is 39.9 Å². The van der Waals surface area contributed by atoms with Crippen molar-refractivity contribution in [2.75, 3.05) is 31.6 Å². The minimum absolute atomic E-state index is 0.0376. The first-order chi connectivity index (χ1) is 17.5. The molecule has 0 unspecified atom stereocenters. The van der Waals surface area contributed by atoms with Gasteiger partial charge in [-0.3, -0.25) is 9.69 Å². The van der Waals surface area contributed by atoms with Crippen LogP contribution in [0.5, 0.6) is 5.75 Å². The zero-order chi connectivity index (χ0) is 24.7. The summed E-state index contributed by atoms with van der Waals surface area (Å²) in [5.74, 6) is 0.938. The number of nitrogens with zero attached hydrogens (tertiary/aromatic N) is 2. The summed E-state index contributed by atoms with van der Waals surface area (Å²) in [5.41, 5.74) is 5.51. The minimum Gasteiger partial charge on any atom is -0.497 e. The van der Waals surface area contributed by atoms with Crippen LogP contribution in [0.4, 0.5) is 5.69 Å². The number of carbonyl (C=O) groups excluding carboxylic acids is 1. The number of methoxy groups -OCH3 is 1. The van der Waals surface area contributed by atoms with E-state index >= 15 is 0 Å². The zero-order valence-corrected chi connectivity index (χ0v) is 21.0. The Morgan fingerprint density at radius 3 is 2.39 bits per heavy atom. The third-order valence-corrected chi connectivity index (χ3v) is 8.10. The van der Waals surface area contributed by atoms with E-state index in [-0.39, 0.29) is 11.3 Å². The van der Waals surface area contributed by atoms with Gasteiger partial charge in [-0.25, -0.2) is 0 Å². The normalized spacial score (nSPS) is 16.9. The average Bonchev–Trinajstić information content (AvgIpc) is 3.23. The van der Waals surface area contributed by atoms with Crippen molar-refractivity contribution in [1.29, 1.82) is 0 Å². The van der Waals surface area contributed by atoms with Crippen molar-refractivity contribution in [3.8, 4) is 5.75 Å². The molecule has 2 aliphatic rings. The van der Waals surface area contributed by atoms with Crippen molar-refractivity contribution in [1.82, 2.24) is 4.90 Å². The number of amides is 1. The molecule has 0 aromatic heterocycles. The van der Waals surface area contributed by atoms with Gasteiger partial charge in [-0.2, -0.15) is 0 Å². The number of aryl methyl sites for hydroxylation is 1. The molecule has 182 valence electrons. The molecule has 36 heavy (non-hydrogen) atoms. The summed E-state index contributed by atoms with van der Waals surface area (Å²) in [7, 11) is 1.71. The zero-order valence-electron chi connectivity index (χ0n) is 21.0. The lowest BCUT2D eigenvalue weighted by Crippen LogP contribution is -2.45. The Labute approximate surface area is 213 Å². The van der Waals surface area contributed by atoms with Gasteiger partial charge in [0.2, 0.25) is 0 Å². The molecule has 4 aromatic rings. The van der Waals surface area contributed by atoms with Crippen molar-refractivity contribution in [3.63, 3.8) is 0 Å². The standard InChI is InChI=1S/C32H32N2O2/c1-23-7-10-26(11-8-23)31(35)34-22-32(29-20-28(36-2)13-14-30(29)34)15-17-33(18-16-32)21-24-9-12-25-5-3-4-6-27(25)19-24/h3-14,19-20H,15-18,21-22H2,1-2H3. The number of hydrogen-bond acceptors (Lipinski definition) is 3. The number of fused-ring (bicyclic) bond motifs is 3. The highest BCUT2D eigenvalue weighted by Gasteiger charge is 2.46. The maximum Gasteiger partial charge on any atom is 0.258 e. The van der Waals surface area contributed by atoms with Crippen LogP contribution in [0.15, 0.2) is 84.9 Å². The Bertz CT molecular complexity index is 1420. The van der Waals surface area contributed by atoms with Gasteiger partial charge in [-0.1, -0.05) is 54.1 Å². The SMILES string of the molecule is COc1ccc2c(c1)C1(CCN(Cc3ccc4ccccc4c3)CC1)CN2C(=O)c1ccc(C)cc1. The van der Waals surface area contributed by atoms with Gasteiger partial charge >= 0.3 is 0 Å². The molecule has 2 heterocycles. The van der Waals surface area contributed by atoms with Crippen molar-refractivity contribution in [3.05, 3.63) is 107 Å². The molecule has 4 aromatic carbocycles. The first-order valence-electron chi connectivity index (χ1n) is 12.8. The third kappa shape index (κ3) is 4.06. The van der Waals surface area contributed by atoms with E-state index in [4.69, 9.17) is 4.74 Å². The van der Waals surface area contributed by atoms with Gasteiger partial charge in [0.15, 0.2) is 0 Å². The molecule has 0 bridgehead atoms. The van der Waals surface area contributed by atoms with E-state index in [1.165, 1.54) is 21.9 Å². The highest BCUT2D eigenvalue weighted by molar-refractivity contribution is 6.07. The lowest BCUT2D eigenvalue weighted by Gasteiger charge is -2.40. The molecule has 0 atom stereocenters. The molecule has 0 aliphatic carbocycles. The molecule has 0 saturated carbocycles. The first-order valence-corrected chi connectivity index (χ1v) is 12.8. The van der Waals surface area contributed by atoms with Crippen molar-refractivity contribution in [2.45, 2.75) is 31.7 Å². The largest absolute Gasteiger partial charge is 0.497 e. The highest BCUT2D eigenvalue weighted by atomic mass is 16.5. The van der Waals surface area contributed by atoms with Gasteiger partial charge in [0.25, 0.3) is 5.91 Å². The number of ether oxygens (including phenoxy) is 1. The second kappa shape index (κ2) is 9.11. The highest BCUT2D eigenvalue weighted by Crippen LogP contribution is 2.48. The van der Waals surface area contributed by atoms with Crippen LogP contribution in [0, 0.1) is 6.92 Å². The Hall–Kier alpha value is -3.63. The number of benzene rings is 4. The lowest BCUT2D eigenvalue weighted by molar-refractivity contribution is 0.0975. The van der Waals surface area contributed by atoms with E-state index < -0.39 is 0 Å². The molecule has 1 saturated heterocycles. The van der Waals surface area contributed by atoms with E-state index in [0.29, 0.717) is 0 Å². The van der Waals surface area contributed by atoms with E-state index in [1.54, 1.807) is 7.11 Å². The maximum absolute atomic E-state index is 13.6. The Morgan fingerprint density at radius 1 is 0.889 bits per heavy atom.